The minimum absolute atomic E-state index is 0. The first-order valence-electron chi connectivity index (χ1n) is 0.565. The normalized spacial score (nSPS) is 4.17. The Morgan fingerprint density at radius 3 is 1.33 bits per heavy atom. The Kier molecular flexibility index (Phi) is 26.7. The van der Waals surface area contributed by atoms with Crippen LogP contribution in [0.1, 0.15) is 2.85 Å². The number of hydrogen-bond acceptors (Lipinski definition) is 2. The Morgan fingerprint density at radius 1 is 1.33 bits per heavy atom. The van der Waals surface area contributed by atoms with Crippen LogP contribution in [0, 0.1) is 0 Å². The van der Waals surface area contributed by atoms with Crippen LogP contribution >= 0.6 is 0 Å². The van der Waals surface area contributed by atoms with Gasteiger partial charge in [0.2, 0.25) is 0 Å². The Labute approximate surface area is 87.4 Å². The molecule has 0 saturated carbocycles. The Morgan fingerprint density at radius 2 is 1.33 bits per heavy atom. The van der Waals surface area contributed by atoms with Crippen molar-refractivity contribution in [2.45, 2.75) is 0 Å². The van der Waals surface area contributed by atoms with Gasteiger partial charge in [0, 0.05) is 0 Å². The van der Waals surface area contributed by atoms with E-state index < -0.39 is 15.4 Å². The summed E-state index contributed by atoms with van der Waals surface area (Å²) in [7, 11) is 0. The summed E-state index contributed by atoms with van der Waals surface area (Å²) in [5.41, 5.74) is 0. The fourth-order valence-electron chi connectivity index (χ4n) is 0. The van der Waals surface area contributed by atoms with Crippen molar-refractivity contribution in [3.8, 4) is 0 Å². The van der Waals surface area contributed by atoms with Crippen molar-refractivity contribution in [1.29, 1.82) is 0 Å². The molecule has 0 spiro atoms. The zero-order valence-corrected chi connectivity index (χ0v) is 9.11. The molecule has 0 amide bonds. The second kappa shape index (κ2) is 10.2. The van der Waals surface area contributed by atoms with Crippen molar-refractivity contribution in [2.75, 3.05) is 0 Å². The summed E-state index contributed by atoms with van der Waals surface area (Å²) >= 11 is -3.69. The predicted octanol–water partition coefficient (Wildman–Crippen LogP) is -6.56. The van der Waals surface area contributed by atoms with Crippen molar-refractivity contribution in [2.24, 2.45) is 0 Å². The molecule has 0 rings (SSSR count). The van der Waals surface area contributed by atoms with Gasteiger partial charge in [-0.3, -0.25) is 0 Å². The molecule has 0 radical (unpaired) electrons. The fourth-order valence-corrected chi connectivity index (χ4v) is 0. The van der Waals surface area contributed by atoms with Gasteiger partial charge >= 0.3 is 85.9 Å². The van der Waals surface area contributed by atoms with Crippen molar-refractivity contribution in [1.82, 2.24) is 0 Å². The average Bonchev–Trinajstić information content (AvgIpc) is 0.811. The molecule has 0 aliphatic carbocycles. The van der Waals surface area contributed by atoms with E-state index in [1.165, 1.54) is 0 Å². The molecule has 28 valence electrons. The van der Waals surface area contributed by atoms with E-state index in [2.05, 4.69) is 0 Å². The van der Waals surface area contributed by atoms with Crippen molar-refractivity contribution >= 4 is 0 Å². The van der Waals surface area contributed by atoms with Crippen LogP contribution < -0.4 is 59.1 Å². The second-order valence-corrected chi connectivity index (χ2v) is 0.981. The van der Waals surface area contributed by atoms with Crippen LogP contribution in [0.2, 0.25) is 0 Å². The van der Waals surface area contributed by atoms with Crippen LogP contribution in [0.15, 0.2) is 0 Å². The molecule has 0 aromatic heterocycles. The van der Waals surface area contributed by atoms with E-state index in [0.717, 1.165) is 0 Å². The van der Waals surface area contributed by atoms with E-state index in [1.54, 1.807) is 0 Å². The number of rotatable bonds is 0. The molecule has 0 saturated heterocycles. The number of hydrogen-bond donors (Lipinski definition) is 1. The third kappa shape index (κ3) is 35.4. The van der Waals surface area contributed by atoms with Gasteiger partial charge in [0.1, 0.15) is 0 Å². The van der Waals surface area contributed by atoms with Gasteiger partial charge in [-0.05, 0) is 0 Å². The third-order valence-corrected chi connectivity index (χ3v) is 0. The maximum atomic E-state index is 8.67. The summed E-state index contributed by atoms with van der Waals surface area (Å²) in [5.74, 6) is 0. The van der Waals surface area contributed by atoms with Crippen molar-refractivity contribution in [3.05, 3.63) is 0 Å². The molecule has 0 aliphatic rings. The topological polar surface area (TPSA) is 54.4 Å². The van der Waals surface area contributed by atoms with E-state index in [0.29, 0.717) is 0 Å². The molecule has 0 aliphatic heterocycles. The molecule has 0 heterocycles. The second-order valence-electron chi connectivity index (χ2n) is 0.238. The van der Waals surface area contributed by atoms with Gasteiger partial charge in [0.15, 0.2) is 0 Å². The Hall–Kier alpha value is 2.14. The van der Waals surface area contributed by atoms with Crippen molar-refractivity contribution in [3.63, 3.8) is 0 Å². The molecular weight excluding hydrogens is 145 g/mol. The van der Waals surface area contributed by atoms with Gasteiger partial charge in [-0.15, -0.1) is 0 Å². The van der Waals surface area contributed by atoms with Crippen LogP contribution in [0.5, 0.6) is 0 Å². The third-order valence-electron chi connectivity index (χ3n) is 0. The summed E-state index contributed by atoms with van der Waals surface area (Å²) in [6.07, 6.45) is 0. The molecule has 6 heavy (non-hydrogen) atoms. The molecule has 0 aromatic rings. The molecule has 0 unspecified atom stereocenters. The van der Waals surface area contributed by atoms with Gasteiger partial charge in [-0.25, -0.2) is 0 Å². The maximum absolute atomic E-state index is 8.67. The van der Waals surface area contributed by atoms with Gasteiger partial charge in [0.05, 0.1) is 0 Å². The molecule has 0 bridgehead atoms. The van der Waals surface area contributed by atoms with E-state index in [-0.39, 0.29) is 62.0 Å². The first-order chi connectivity index (χ1) is 1.73. The summed E-state index contributed by atoms with van der Waals surface area (Å²) in [6.45, 7) is 0. The molecule has 6 heteroatoms. The van der Waals surface area contributed by atoms with Gasteiger partial charge in [-0.2, -0.15) is 0 Å². The zero-order valence-electron chi connectivity index (χ0n) is 5.71. The van der Waals surface area contributed by atoms with E-state index in [4.69, 9.17) is 11.4 Å². The molecule has 3 nitrogen and oxygen atoms in total. The van der Waals surface area contributed by atoms with Crippen LogP contribution in [0.25, 0.3) is 0 Å². The van der Waals surface area contributed by atoms with Crippen molar-refractivity contribution < 1.29 is 88.7 Å². The Balaban J connectivity index is -0.00000000750. The Bertz CT molecular complexity index is 63.7. The van der Waals surface area contributed by atoms with Gasteiger partial charge < -0.3 is 2.85 Å². The molecular formula is H3Na2O3V. The van der Waals surface area contributed by atoms with Crippen LogP contribution in [0.3, 0.4) is 0 Å². The molecule has 0 fully saturated rings. The SMILES string of the molecule is [H-].[H-].[Na+].[Na+].[O]=[V](=[O])[OH]. The predicted molar refractivity (Wildman–Crippen MR) is 5.82 cm³/mol. The summed E-state index contributed by atoms with van der Waals surface area (Å²) in [5, 5.41) is 0. The van der Waals surface area contributed by atoms with Gasteiger partial charge in [-0.1, -0.05) is 0 Å². The minimum atomic E-state index is -3.69. The summed E-state index contributed by atoms with van der Waals surface area (Å²) in [4.78, 5) is 0. The summed E-state index contributed by atoms with van der Waals surface area (Å²) in [6, 6.07) is 0. The zero-order chi connectivity index (χ0) is 3.58. The van der Waals surface area contributed by atoms with Crippen LogP contribution in [0.4, 0.5) is 0 Å². The monoisotopic (exact) mass is 148 g/mol. The first kappa shape index (κ1) is 15.7. The van der Waals surface area contributed by atoms with Crippen LogP contribution in [-0.4, -0.2) is 4.03 Å². The van der Waals surface area contributed by atoms with E-state index in [1.807, 2.05) is 0 Å². The van der Waals surface area contributed by atoms with E-state index >= 15 is 0 Å². The molecule has 0 aromatic carbocycles. The fraction of sp³-hybridized carbons (Fsp3) is 0. The van der Waals surface area contributed by atoms with Crippen LogP contribution in [-0.2, 0) is 22.7 Å². The summed E-state index contributed by atoms with van der Waals surface area (Å²) < 4.78 is 24.4. The molecule has 0 atom stereocenters. The standard InChI is InChI=1S/2Na.H2O.2O.V.2H/h;;1H2;;;;;/q2*+1;;;;+1;2*-1/p-1. The quantitative estimate of drug-likeness (QED) is 0.347. The molecule has 1 N–H and O–H groups in total. The first-order valence-corrected chi connectivity index (χ1v) is 2.33. The van der Waals surface area contributed by atoms with E-state index in [9.17, 15) is 0 Å². The average molecular weight is 148 g/mol. The van der Waals surface area contributed by atoms with Gasteiger partial charge in [0.25, 0.3) is 0 Å².